The molecule has 0 amide bonds. The van der Waals surface area contributed by atoms with E-state index in [2.05, 4.69) is 9.97 Å². The molecule has 2 N–H and O–H groups in total. The van der Waals surface area contributed by atoms with E-state index in [-0.39, 0.29) is 11.6 Å². The highest BCUT2D eigenvalue weighted by atomic mass is 16.5. The molecule has 0 fully saturated rings. The number of aromatic amines is 1. The molecule has 5 heteroatoms. The van der Waals surface area contributed by atoms with Crippen molar-refractivity contribution in [3.63, 3.8) is 0 Å². The maximum absolute atomic E-state index is 11.2. The number of nitrogens with zero attached hydrogens (tertiary/aromatic N) is 1. The van der Waals surface area contributed by atoms with E-state index in [1.165, 1.54) is 0 Å². The molecule has 2 rings (SSSR count). The number of nitrogens with one attached hydrogen (secondary N) is 1. The molecule has 0 unspecified atom stereocenters. The van der Waals surface area contributed by atoms with Gasteiger partial charge in [0.1, 0.15) is 11.6 Å². The predicted molar refractivity (Wildman–Crippen MR) is 71.6 cm³/mol. The van der Waals surface area contributed by atoms with Gasteiger partial charge >= 0.3 is 5.97 Å². The van der Waals surface area contributed by atoms with Crippen LogP contribution in [0.15, 0.2) is 24.3 Å². The molecule has 0 spiro atoms. The van der Waals surface area contributed by atoms with Gasteiger partial charge in [0.15, 0.2) is 5.69 Å². The van der Waals surface area contributed by atoms with Gasteiger partial charge in [-0.2, -0.15) is 0 Å². The Morgan fingerprint density at radius 3 is 2.68 bits per heavy atom. The molecule has 100 valence electrons. The molecular weight excluding hydrogens is 244 g/mol. The highest BCUT2D eigenvalue weighted by Crippen LogP contribution is 2.25. The second kappa shape index (κ2) is 5.14. The monoisotopic (exact) mass is 260 g/mol. The van der Waals surface area contributed by atoms with Gasteiger partial charge in [0.25, 0.3) is 0 Å². The molecule has 0 radical (unpaired) electrons. The SMILES string of the molecule is COc1cccc(-c2nc(C(=O)O)c(C(C)C)[nH]2)c1. The van der Waals surface area contributed by atoms with Crippen molar-refractivity contribution in [1.29, 1.82) is 0 Å². The fourth-order valence-corrected chi connectivity index (χ4v) is 1.87. The van der Waals surface area contributed by atoms with E-state index in [9.17, 15) is 4.79 Å². The molecular formula is C14H16N2O3. The Kier molecular flexibility index (Phi) is 3.55. The lowest BCUT2D eigenvalue weighted by molar-refractivity contribution is 0.0689. The standard InChI is InChI=1S/C14H16N2O3/c1-8(2)11-12(14(17)18)16-13(15-11)9-5-4-6-10(7-9)19-3/h4-8H,1-3H3,(H,15,16)(H,17,18). The van der Waals surface area contributed by atoms with E-state index in [0.717, 1.165) is 5.56 Å². The van der Waals surface area contributed by atoms with Gasteiger partial charge in [0, 0.05) is 5.56 Å². The molecule has 0 aliphatic carbocycles. The lowest BCUT2D eigenvalue weighted by Gasteiger charge is -2.02. The topological polar surface area (TPSA) is 75.2 Å². The van der Waals surface area contributed by atoms with Crippen LogP contribution in [0.5, 0.6) is 5.75 Å². The summed E-state index contributed by atoms with van der Waals surface area (Å²) in [5, 5.41) is 9.17. The van der Waals surface area contributed by atoms with Crippen molar-refractivity contribution in [1.82, 2.24) is 9.97 Å². The zero-order valence-corrected chi connectivity index (χ0v) is 11.1. The summed E-state index contributed by atoms with van der Waals surface area (Å²) in [5.74, 6) is 0.295. The first-order valence-electron chi connectivity index (χ1n) is 6.00. The van der Waals surface area contributed by atoms with Crippen molar-refractivity contribution in [2.75, 3.05) is 7.11 Å². The van der Waals surface area contributed by atoms with Gasteiger partial charge in [-0.05, 0) is 18.1 Å². The van der Waals surface area contributed by atoms with Crippen LogP contribution in [0.3, 0.4) is 0 Å². The molecule has 1 aromatic heterocycles. The Balaban J connectivity index is 2.50. The quantitative estimate of drug-likeness (QED) is 0.886. The smallest absolute Gasteiger partial charge is 0.356 e. The van der Waals surface area contributed by atoms with Crippen molar-refractivity contribution in [3.8, 4) is 17.1 Å². The number of carboxylic acids is 1. The maximum Gasteiger partial charge on any atom is 0.356 e. The number of benzene rings is 1. The van der Waals surface area contributed by atoms with Crippen LogP contribution in [-0.2, 0) is 0 Å². The number of aromatic nitrogens is 2. The molecule has 5 nitrogen and oxygen atoms in total. The lowest BCUT2D eigenvalue weighted by atomic mass is 10.1. The lowest BCUT2D eigenvalue weighted by Crippen LogP contribution is -2.02. The highest BCUT2D eigenvalue weighted by molar-refractivity contribution is 5.88. The van der Waals surface area contributed by atoms with E-state index in [0.29, 0.717) is 17.3 Å². The summed E-state index contributed by atoms with van der Waals surface area (Å²) in [4.78, 5) is 18.4. The van der Waals surface area contributed by atoms with Gasteiger partial charge in [-0.15, -0.1) is 0 Å². The number of carbonyl (C=O) groups is 1. The molecule has 0 saturated heterocycles. The minimum atomic E-state index is -1.02. The minimum absolute atomic E-state index is 0.0676. The summed E-state index contributed by atoms with van der Waals surface area (Å²) in [5.41, 5.74) is 1.51. The van der Waals surface area contributed by atoms with Gasteiger partial charge in [0.2, 0.25) is 0 Å². The van der Waals surface area contributed by atoms with E-state index in [1.807, 2.05) is 38.1 Å². The third-order valence-corrected chi connectivity index (χ3v) is 2.85. The highest BCUT2D eigenvalue weighted by Gasteiger charge is 2.19. The van der Waals surface area contributed by atoms with Crippen molar-refractivity contribution in [3.05, 3.63) is 35.7 Å². The Morgan fingerprint density at radius 2 is 2.16 bits per heavy atom. The van der Waals surface area contributed by atoms with Crippen molar-refractivity contribution in [2.45, 2.75) is 19.8 Å². The van der Waals surface area contributed by atoms with Crippen LogP contribution in [0.2, 0.25) is 0 Å². The van der Waals surface area contributed by atoms with Crippen LogP contribution in [-0.4, -0.2) is 28.2 Å². The number of aromatic carboxylic acids is 1. The summed E-state index contributed by atoms with van der Waals surface area (Å²) in [7, 11) is 1.59. The fourth-order valence-electron chi connectivity index (χ4n) is 1.87. The number of carboxylic acid groups (broad SMARTS) is 1. The molecule has 19 heavy (non-hydrogen) atoms. The van der Waals surface area contributed by atoms with Gasteiger partial charge in [-0.25, -0.2) is 9.78 Å². The van der Waals surface area contributed by atoms with Gasteiger partial charge in [0.05, 0.1) is 12.8 Å². The Labute approximate surface area is 111 Å². The molecule has 0 aliphatic heterocycles. The second-order valence-corrected chi connectivity index (χ2v) is 4.54. The zero-order valence-electron chi connectivity index (χ0n) is 11.1. The number of hydrogen-bond donors (Lipinski definition) is 2. The molecule has 0 atom stereocenters. The first-order chi connectivity index (χ1) is 9.02. The van der Waals surface area contributed by atoms with Crippen LogP contribution in [0.25, 0.3) is 11.4 Å². The number of H-pyrrole nitrogens is 1. The third-order valence-electron chi connectivity index (χ3n) is 2.85. The Hall–Kier alpha value is -2.30. The van der Waals surface area contributed by atoms with Gasteiger partial charge in [-0.3, -0.25) is 0 Å². The maximum atomic E-state index is 11.2. The number of rotatable bonds is 4. The van der Waals surface area contributed by atoms with Crippen molar-refractivity contribution >= 4 is 5.97 Å². The number of ether oxygens (including phenoxy) is 1. The number of hydrogen-bond acceptors (Lipinski definition) is 3. The first-order valence-corrected chi connectivity index (χ1v) is 6.00. The summed E-state index contributed by atoms with van der Waals surface area (Å²) < 4.78 is 5.15. The number of methoxy groups -OCH3 is 1. The first kappa shape index (κ1) is 13.1. The fraction of sp³-hybridized carbons (Fsp3) is 0.286. The molecule has 0 bridgehead atoms. The molecule has 2 aromatic rings. The summed E-state index contributed by atoms with van der Waals surface area (Å²) in [6.45, 7) is 3.85. The van der Waals surface area contributed by atoms with Crippen LogP contribution in [0.4, 0.5) is 0 Å². The van der Waals surface area contributed by atoms with E-state index >= 15 is 0 Å². The largest absolute Gasteiger partial charge is 0.497 e. The van der Waals surface area contributed by atoms with E-state index in [4.69, 9.17) is 9.84 Å². The van der Waals surface area contributed by atoms with Gasteiger partial charge < -0.3 is 14.8 Å². The zero-order chi connectivity index (χ0) is 14.0. The van der Waals surface area contributed by atoms with Crippen LogP contribution >= 0.6 is 0 Å². The van der Waals surface area contributed by atoms with Crippen LogP contribution in [0.1, 0.15) is 35.9 Å². The van der Waals surface area contributed by atoms with E-state index in [1.54, 1.807) is 7.11 Å². The summed E-state index contributed by atoms with van der Waals surface area (Å²) >= 11 is 0. The Morgan fingerprint density at radius 1 is 1.42 bits per heavy atom. The predicted octanol–water partition coefficient (Wildman–Crippen LogP) is 2.91. The van der Waals surface area contributed by atoms with E-state index < -0.39 is 5.97 Å². The average molecular weight is 260 g/mol. The summed E-state index contributed by atoms with van der Waals surface area (Å²) in [6, 6.07) is 7.34. The average Bonchev–Trinajstić information content (AvgIpc) is 2.84. The second-order valence-electron chi connectivity index (χ2n) is 4.54. The van der Waals surface area contributed by atoms with Crippen molar-refractivity contribution < 1.29 is 14.6 Å². The molecule has 1 heterocycles. The minimum Gasteiger partial charge on any atom is -0.497 e. The van der Waals surface area contributed by atoms with Crippen LogP contribution < -0.4 is 4.74 Å². The van der Waals surface area contributed by atoms with Crippen molar-refractivity contribution in [2.24, 2.45) is 0 Å². The van der Waals surface area contributed by atoms with Crippen LogP contribution in [0, 0.1) is 0 Å². The normalized spacial score (nSPS) is 10.7. The molecule has 0 saturated carbocycles. The molecule has 0 aliphatic rings. The summed E-state index contributed by atoms with van der Waals surface area (Å²) in [6.07, 6.45) is 0. The number of imidazole rings is 1. The third kappa shape index (κ3) is 2.59. The van der Waals surface area contributed by atoms with Gasteiger partial charge in [-0.1, -0.05) is 26.0 Å². The Bertz CT molecular complexity index is 602. The molecule has 1 aromatic carbocycles.